The number of rotatable bonds is 6. The Balaban J connectivity index is 2.20. The second kappa shape index (κ2) is 8.24. The van der Waals surface area contributed by atoms with E-state index in [9.17, 15) is 9.59 Å². The number of carbonyl (C=O) groups is 2. The van der Waals surface area contributed by atoms with Gasteiger partial charge in [-0.25, -0.2) is 0 Å². The topological polar surface area (TPSA) is 66.4 Å². The number of hydrogen-bond donors (Lipinski definition) is 2. The highest BCUT2D eigenvalue weighted by atomic mass is 35.5. The van der Waals surface area contributed by atoms with Crippen molar-refractivity contribution in [2.45, 2.75) is 5.25 Å². The molecule has 0 saturated carbocycles. The molecule has 120 valence electrons. The maximum absolute atomic E-state index is 12.5. The van der Waals surface area contributed by atoms with Crippen molar-refractivity contribution in [2.75, 3.05) is 11.1 Å². The second-order valence-electron chi connectivity index (χ2n) is 4.61. The third kappa shape index (κ3) is 5.16. The Kier molecular flexibility index (Phi) is 6.33. The van der Waals surface area contributed by atoms with E-state index in [0.29, 0.717) is 15.7 Å². The number of anilines is 1. The van der Waals surface area contributed by atoms with Crippen molar-refractivity contribution in [3.63, 3.8) is 0 Å². The van der Waals surface area contributed by atoms with E-state index in [1.807, 2.05) is 6.07 Å². The molecule has 2 aromatic rings. The van der Waals surface area contributed by atoms with Crippen LogP contribution in [0.3, 0.4) is 0 Å². The molecule has 1 amide bonds. The lowest BCUT2D eigenvalue weighted by Gasteiger charge is -2.17. The minimum absolute atomic E-state index is 0.179. The zero-order chi connectivity index (χ0) is 16.8. The number of benzene rings is 2. The van der Waals surface area contributed by atoms with Crippen molar-refractivity contribution < 1.29 is 14.7 Å². The molecule has 2 rings (SSSR count). The Labute approximate surface area is 147 Å². The highest BCUT2D eigenvalue weighted by Gasteiger charge is 2.23. The largest absolute Gasteiger partial charge is 0.481 e. The van der Waals surface area contributed by atoms with Gasteiger partial charge in [0.15, 0.2) is 0 Å². The summed E-state index contributed by atoms with van der Waals surface area (Å²) in [6.07, 6.45) is 0. The number of carboxylic acids is 1. The SMILES string of the molecule is O=C(O)CSC(C(=O)Nc1ccc(Cl)cc1Cl)c1ccccc1. The van der Waals surface area contributed by atoms with Gasteiger partial charge in [0.25, 0.3) is 0 Å². The number of thioether (sulfide) groups is 1. The van der Waals surface area contributed by atoms with Crippen molar-refractivity contribution in [1.29, 1.82) is 0 Å². The van der Waals surface area contributed by atoms with Gasteiger partial charge in [-0.15, -0.1) is 11.8 Å². The van der Waals surface area contributed by atoms with Crippen LogP contribution in [0.1, 0.15) is 10.8 Å². The molecule has 0 aromatic heterocycles. The molecule has 0 radical (unpaired) electrons. The summed E-state index contributed by atoms with van der Waals surface area (Å²) in [7, 11) is 0. The Hall–Kier alpha value is -1.69. The average Bonchev–Trinajstić information content (AvgIpc) is 2.51. The third-order valence-electron chi connectivity index (χ3n) is 2.90. The Morgan fingerprint density at radius 2 is 1.83 bits per heavy atom. The van der Waals surface area contributed by atoms with Crippen molar-refractivity contribution in [3.8, 4) is 0 Å². The van der Waals surface area contributed by atoms with E-state index < -0.39 is 11.2 Å². The van der Waals surface area contributed by atoms with E-state index in [1.165, 1.54) is 6.07 Å². The first-order chi connectivity index (χ1) is 11.0. The molecule has 0 spiro atoms. The maximum Gasteiger partial charge on any atom is 0.313 e. The molecule has 0 fully saturated rings. The lowest BCUT2D eigenvalue weighted by atomic mass is 10.1. The molecule has 1 unspecified atom stereocenters. The van der Waals surface area contributed by atoms with Crippen LogP contribution in [0.2, 0.25) is 10.0 Å². The predicted molar refractivity (Wildman–Crippen MR) is 94.4 cm³/mol. The summed E-state index contributed by atoms with van der Waals surface area (Å²) in [5, 5.41) is 11.7. The number of hydrogen-bond acceptors (Lipinski definition) is 3. The molecule has 4 nitrogen and oxygen atoms in total. The fraction of sp³-hybridized carbons (Fsp3) is 0.125. The van der Waals surface area contributed by atoms with Gasteiger partial charge in [0.05, 0.1) is 16.5 Å². The van der Waals surface area contributed by atoms with Crippen LogP contribution in [0, 0.1) is 0 Å². The Morgan fingerprint density at radius 3 is 2.43 bits per heavy atom. The van der Waals surface area contributed by atoms with Gasteiger partial charge in [0.2, 0.25) is 5.91 Å². The van der Waals surface area contributed by atoms with Gasteiger partial charge in [-0.1, -0.05) is 53.5 Å². The molecule has 2 aromatic carbocycles. The highest BCUT2D eigenvalue weighted by Crippen LogP contribution is 2.32. The number of carbonyl (C=O) groups excluding carboxylic acids is 1. The molecule has 0 aliphatic rings. The zero-order valence-electron chi connectivity index (χ0n) is 11.8. The summed E-state index contributed by atoms with van der Waals surface area (Å²) >= 11 is 12.9. The molecule has 0 saturated heterocycles. The second-order valence-corrected chi connectivity index (χ2v) is 6.55. The van der Waals surface area contributed by atoms with Crippen molar-refractivity contribution in [3.05, 3.63) is 64.1 Å². The van der Waals surface area contributed by atoms with Gasteiger partial charge in [-0.05, 0) is 23.8 Å². The van der Waals surface area contributed by atoms with Gasteiger partial charge in [-0.2, -0.15) is 0 Å². The van der Waals surface area contributed by atoms with Gasteiger partial charge >= 0.3 is 5.97 Å². The molecule has 0 heterocycles. The van der Waals surface area contributed by atoms with Crippen LogP contribution >= 0.6 is 35.0 Å². The molecule has 0 bridgehead atoms. The average molecular weight is 370 g/mol. The van der Waals surface area contributed by atoms with Crippen molar-refractivity contribution >= 4 is 52.5 Å². The highest BCUT2D eigenvalue weighted by molar-refractivity contribution is 8.00. The van der Waals surface area contributed by atoms with E-state index in [0.717, 1.165) is 17.3 Å². The molecule has 1 atom stereocenters. The normalized spacial score (nSPS) is 11.7. The van der Waals surface area contributed by atoms with E-state index in [-0.39, 0.29) is 11.7 Å². The van der Waals surface area contributed by atoms with Crippen LogP contribution < -0.4 is 5.32 Å². The van der Waals surface area contributed by atoms with E-state index in [1.54, 1.807) is 36.4 Å². The van der Waals surface area contributed by atoms with Crippen molar-refractivity contribution in [2.24, 2.45) is 0 Å². The molecule has 0 aliphatic carbocycles. The lowest BCUT2D eigenvalue weighted by Crippen LogP contribution is -2.20. The monoisotopic (exact) mass is 369 g/mol. The number of halogens is 2. The van der Waals surface area contributed by atoms with Crippen LogP contribution in [0.5, 0.6) is 0 Å². The summed E-state index contributed by atoms with van der Waals surface area (Å²) in [5.41, 5.74) is 1.15. The van der Waals surface area contributed by atoms with Gasteiger partial charge in [-0.3, -0.25) is 9.59 Å². The molecular weight excluding hydrogens is 357 g/mol. The molecule has 2 N–H and O–H groups in total. The van der Waals surface area contributed by atoms with E-state index >= 15 is 0 Å². The first-order valence-corrected chi connectivity index (χ1v) is 8.42. The molecular formula is C16H13Cl2NO3S. The summed E-state index contributed by atoms with van der Waals surface area (Å²) in [6.45, 7) is 0. The third-order valence-corrected chi connectivity index (χ3v) is 4.68. The fourth-order valence-electron chi connectivity index (χ4n) is 1.89. The molecule has 0 aliphatic heterocycles. The minimum atomic E-state index is -0.978. The fourth-order valence-corrected chi connectivity index (χ4v) is 3.22. The quantitative estimate of drug-likeness (QED) is 0.786. The number of nitrogens with one attached hydrogen (secondary N) is 1. The zero-order valence-corrected chi connectivity index (χ0v) is 14.2. The number of carboxylic acid groups (broad SMARTS) is 1. The van der Waals surface area contributed by atoms with Gasteiger partial charge in [0.1, 0.15) is 5.25 Å². The first kappa shape index (κ1) is 17.7. The van der Waals surface area contributed by atoms with Gasteiger partial charge in [0, 0.05) is 5.02 Å². The number of aliphatic carboxylic acids is 1. The number of amides is 1. The predicted octanol–water partition coefficient (Wildman–Crippen LogP) is 4.49. The van der Waals surface area contributed by atoms with Crippen LogP contribution in [0.4, 0.5) is 5.69 Å². The Morgan fingerprint density at radius 1 is 1.13 bits per heavy atom. The maximum atomic E-state index is 12.5. The van der Waals surface area contributed by atoms with Crippen LogP contribution in [-0.4, -0.2) is 22.7 Å². The summed E-state index contributed by atoms with van der Waals surface area (Å²) < 4.78 is 0. The molecule has 23 heavy (non-hydrogen) atoms. The molecule has 7 heteroatoms. The smallest absolute Gasteiger partial charge is 0.313 e. The first-order valence-electron chi connectivity index (χ1n) is 6.61. The van der Waals surface area contributed by atoms with Crippen molar-refractivity contribution in [1.82, 2.24) is 0 Å². The minimum Gasteiger partial charge on any atom is -0.481 e. The Bertz CT molecular complexity index is 710. The standard InChI is InChI=1S/C16H13Cl2NO3S/c17-11-6-7-13(12(18)8-11)19-16(22)15(23-9-14(20)21)10-4-2-1-3-5-10/h1-8,15H,9H2,(H,19,22)(H,20,21). The van der Waals surface area contributed by atoms with Gasteiger partial charge < -0.3 is 10.4 Å². The van der Waals surface area contributed by atoms with Crippen LogP contribution in [0.15, 0.2) is 48.5 Å². The van der Waals surface area contributed by atoms with E-state index in [2.05, 4.69) is 5.32 Å². The van der Waals surface area contributed by atoms with Crippen LogP contribution in [0.25, 0.3) is 0 Å². The summed E-state index contributed by atoms with van der Waals surface area (Å²) in [4.78, 5) is 23.4. The van der Waals surface area contributed by atoms with E-state index in [4.69, 9.17) is 28.3 Å². The van der Waals surface area contributed by atoms with Crippen LogP contribution in [-0.2, 0) is 9.59 Å². The lowest BCUT2D eigenvalue weighted by molar-refractivity contribution is -0.133. The summed E-state index contributed by atoms with van der Waals surface area (Å²) in [5.74, 6) is -1.50. The summed E-state index contributed by atoms with van der Waals surface area (Å²) in [6, 6.07) is 13.7.